The van der Waals surface area contributed by atoms with Gasteiger partial charge in [0.25, 0.3) is 0 Å². The van der Waals surface area contributed by atoms with Crippen molar-refractivity contribution in [1.82, 2.24) is 14.7 Å². The van der Waals surface area contributed by atoms with Crippen molar-refractivity contribution in [2.45, 2.75) is 0 Å². The van der Waals surface area contributed by atoms with Crippen LogP contribution in [-0.2, 0) is 28.1 Å². The van der Waals surface area contributed by atoms with Gasteiger partial charge in [-0.2, -0.15) is 11.2 Å². The number of ether oxygens (including phenoxy) is 1. The third-order valence-corrected chi connectivity index (χ3v) is 4.86. The molecule has 0 unspecified atom stereocenters. The van der Waals surface area contributed by atoms with E-state index in [4.69, 9.17) is 4.74 Å². The fourth-order valence-electron chi connectivity index (χ4n) is 3.38. The van der Waals surface area contributed by atoms with E-state index in [-0.39, 0.29) is 21.1 Å². The normalized spacial score (nSPS) is 12.7. The van der Waals surface area contributed by atoms with Crippen LogP contribution in [0.1, 0.15) is 0 Å². The minimum Gasteiger partial charge on any atom is -0.503 e. The summed E-state index contributed by atoms with van der Waals surface area (Å²) in [6.07, 6.45) is 1.73. The Hall–Kier alpha value is -3.37. The Kier molecular flexibility index (Phi) is 6.42. The van der Waals surface area contributed by atoms with Crippen LogP contribution in [0.3, 0.4) is 0 Å². The number of hydrogen-bond donors (Lipinski definition) is 0. The van der Waals surface area contributed by atoms with Crippen LogP contribution in [0, 0.1) is 18.8 Å². The SMILES string of the molecule is CN1C=NN(c2[c-]c(Oc3[c-]c(-c4cc(-c5ccccc5)n(C)n4)ccc3)ccc2)[CH-]1.[Pt]. The molecule has 0 saturated carbocycles. The number of rotatable bonds is 5. The fourth-order valence-corrected chi connectivity index (χ4v) is 3.38. The Balaban J connectivity index is 0.00000245. The molecule has 1 aromatic heterocycles. The molecule has 5 rings (SSSR count). The first kappa shape index (κ1) is 21.8. The van der Waals surface area contributed by atoms with E-state index in [9.17, 15) is 0 Å². The predicted molar refractivity (Wildman–Crippen MR) is 121 cm³/mol. The van der Waals surface area contributed by atoms with E-state index in [1.54, 1.807) is 11.3 Å². The number of aromatic nitrogens is 2. The van der Waals surface area contributed by atoms with E-state index in [1.165, 1.54) is 0 Å². The summed E-state index contributed by atoms with van der Waals surface area (Å²) in [5, 5.41) is 10.7. The molecule has 0 atom stereocenters. The van der Waals surface area contributed by atoms with Gasteiger partial charge in [-0.1, -0.05) is 48.2 Å². The first-order valence-corrected chi connectivity index (χ1v) is 9.88. The number of hydrogen-bond acceptors (Lipinski definition) is 5. The van der Waals surface area contributed by atoms with Gasteiger partial charge in [-0.05, 0) is 12.6 Å². The minimum atomic E-state index is 0. The Bertz CT molecular complexity index is 1240. The van der Waals surface area contributed by atoms with Gasteiger partial charge in [0.1, 0.15) is 0 Å². The van der Waals surface area contributed by atoms with E-state index < -0.39 is 0 Å². The second-order valence-electron chi connectivity index (χ2n) is 7.19. The van der Waals surface area contributed by atoms with Gasteiger partial charge in [-0.25, -0.2) is 5.10 Å². The van der Waals surface area contributed by atoms with Crippen LogP contribution < -0.4 is 9.75 Å². The van der Waals surface area contributed by atoms with Crippen molar-refractivity contribution >= 4 is 12.0 Å². The maximum Gasteiger partial charge on any atom is 0.0803 e. The molecule has 7 heteroatoms. The Morgan fingerprint density at radius 1 is 0.875 bits per heavy atom. The van der Waals surface area contributed by atoms with Crippen molar-refractivity contribution in [1.29, 1.82) is 0 Å². The van der Waals surface area contributed by atoms with Gasteiger partial charge < -0.3 is 14.6 Å². The summed E-state index contributed by atoms with van der Waals surface area (Å²) in [4.78, 5) is 1.87. The predicted octanol–water partition coefficient (Wildman–Crippen LogP) is 4.96. The summed E-state index contributed by atoms with van der Waals surface area (Å²) in [5.74, 6) is 1.19. The average Bonchev–Trinajstić information content (AvgIpc) is 3.40. The van der Waals surface area contributed by atoms with Crippen LogP contribution in [0.4, 0.5) is 5.69 Å². The molecule has 4 aromatic rings. The molecule has 3 aromatic carbocycles. The van der Waals surface area contributed by atoms with Crippen molar-refractivity contribution in [2.24, 2.45) is 12.1 Å². The van der Waals surface area contributed by atoms with Crippen molar-refractivity contribution in [2.75, 3.05) is 12.1 Å². The molecule has 32 heavy (non-hydrogen) atoms. The summed E-state index contributed by atoms with van der Waals surface area (Å²) in [6, 6.07) is 30.3. The third kappa shape index (κ3) is 4.60. The fraction of sp³-hybridized carbons (Fsp3) is 0.0800. The molecule has 0 N–H and O–H groups in total. The summed E-state index contributed by atoms with van der Waals surface area (Å²) in [6.45, 7) is 1.87. The topological polar surface area (TPSA) is 45.9 Å². The largest absolute Gasteiger partial charge is 0.503 e. The summed E-state index contributed by atoms with van der Waals surface area (Å²) in [5.41, 5.74) is 4.67. The van der Waals surface area contributed by atoms with Crippen molar-refractivity contribution < 1.29 is 25.8 Å². The third-order valence-electron chi connectivity index (χ3n) is 4.86. The zero-order chi connectivity index (χ0) is 21.2. The molecule has 164 valence electrons. The van der Waals surface area contributed by atoms with Crippen LogP contribution >= 0.6 is 0 Å². The average molecular weight is 602 g/mol. The van der Waals surface area contributed by atoms with Crippen LogP contribution in [0.25, 0.3) is 22.5 Å². The van der Waals surface area contributed by atoms with Gasteiger partial charge in [-0.15, -0.1) is 48.6 Å². The summed E-state index contributed by atoms with van der Waals surface area (Å²) < 4.78 is 7.92. The van der Waals surface area contributed by atoms with Crippen LogP contribution in [0.2, 0.25) is 0 Å². The van der Waals surface area contributed by atoms with Gasteiger partial charge in [0.2, 0.25) is 0 Å². The van der Waals surface area contributed by atoms with Gasteiger partial charge in [0.15, 0.2) is 0 Å². The molecule has 2 heterocycles. The molecule has 1 aliphatic heterocycles. The number of hydrazone groups is 1. The Morgan fingerprint density at radius 3 is 2.38 bits per heavy atom. The zero-order valence-electron chi connectivity index (χ0n) is 17.5. The first-order chi connectivity index (χ1) is 15.2. The monoisotopic (exact) mass is 601 g/mol. The molecule has 0 spiro atoms. The van der Waals surface area contributed by atoms with E-state index >= 15 is 0 Å². The first-order valence-electron chi connectivity index (χ1n) is 9.88. The number of anilines is 1. The quantitative estimate of drug-likeness (QED) is 0.304. The second-order valence-corrected chi connectivity index (χ2v) is 7.19. The minimum absolute atomic E-state index is 0. The van der Waals surface area contributed by atoms with Crippen molar-refractivity contribution in [3.63, 3.8) is 0 Å². The van der Waals surface area contributed by atoms with Crippen LogP contribution in [0.5, 0.6) is 11.5 Å². The standard InChI is InChI=1S/C25H20N5O.Pt/c1-28-17-26-30(18-28)21-11-7-13-23(15-21)31-22-12-6-10-20(14-22)24-16-25(29(2)27-24)19-8-4-3-5-9-19;/h3-13,16-18H,1-2H3;/q-3;. The molecule has 0 radical (unpaired) electrons. The molecule has 0 aliphatic carbocycles. The number of aryl methyl sites for hydroxylation is 1. The molecule has 1 aliphatic rings. The molecule has 6 nitrogen and oxygen atoms in total. The molecular formula is C25H20N5OPt-3. The number of benzene rings is 3. The molecule has 0 saturated heterocycles. The van der Waals surface area contributed by atoms with E-state index in [0.29, 0.717) is 11.5 Å². The van der Waals surface area contributed by atoms with Crippen LogP contribution in [0.15, 0.2) is 77.9 Å². The molecule has 0 amide bonds. The summed E-state index contributed by atoms with van der Waals surface area (Å²) in [7, 11) is 3.87. The van der Waals surface area contributed by atoms with Crippen molar-refractivity contribution in [3.8, 4) is 34.0 Å². The van der Waals surface area contributed by atoms with Gasteiger partial charge in [0.05, 0.1) is 12.0 Å². The molecular weight excluding hydrogens is 581 g/mol. The van der Waals surface area contributed by atoms with Crippen molar-refractivity contribution in [3.05, 3.63) is 91.6 Å². The Labute approximate surface area is 202 Å². The number of nitrogens with zero attached hydrogens (tertiary/aromatic N) is 5. The van der Waals surface area contributed by atoms with E-state index in [2.05, 4.69) is 40.5 Å². The molecule has 0 bridgehead atoms. The maximum atomic E-state index is 6.04. The van der Waals surface area contributed by atoms with E-state index in [1.807, 2.05) is 84.9 Å². The van der Waals surface area contributed by atoms with Crippen LogP contribution in [-0.4, -0.2) is 28.1 Å². The second kappa shape index (κ2) is 9.41. The smallest absolute Gasteiger partial charge is 0.0803 e. The van der Waals surface area contributed by atoms with Gasteiger partial charge in [-0.3, -0.25) is 4.68 Å². The maximum absolute atomic E-state index is 6.04. The zero-order valence-corrected chi connectivity index (χ0v) is 19.8. The van der Waals surface area contributed by atoms with E-state index in [0.717, 1.165) is 28.2 Å². The summed E-state index contributed by atoms with van der Waals surface area (Å²) >= 11 is 0. The van der Waals surface area contributed by atoms with Gasteiger partial charge in [0, 0.05) is 45.3 Å². The Morgan fingerprint density at radius 2 is 1.62 bits per heavy atom. The molecule has 0 fully saturated rings. The van der Waals surface area contributed by atoms with Gasteiger partial charge >= 0.3 is 0 Å².